The predicted molar refractivity (Wildman–Crippen MR) is 46.9 cm³/mol. The standard InChI is InChI=1S/C9H11NO2/c1-12-7-3-2-6-4-5-10-8(6)9(7)11/h2-3,10-11H,4-5H2,1H3. The molecule has 1 aliphatic rings. The lowest BCUT2D eigenvalue weighted by Gasteiger charge is -2.07. The molecule has 1 aliphatic heterocycles. The molecule has 0 bridgehead atoms. The number of fused-ring (bicyclic) bond motifs is 1. The zero-order valence-corrected chi connectivity index (χ0v) is 6.92. The quantitative estimate of drug-likeness (QED) is 0.617. The molecule has 2 N–H and O–H groups in total. The molecular formula is C9H11NO2. The summed E-state index contributed by atoms with van der Waals surface area (Å²) in [4.78, 5) is 0. The summed E-state index contributed by atoms with van der Waals surface area (Å²) in [6, 6.07) is 3.77. The van der Waals surface area contributed by atoms with Gasteiger partial charge < -0.3 is 15.2 Å². The van der Waals surface area contributed by atoms with Crippen LogP contribution in [0.5, 0.6) is 11.5 Å². The first-order chi connectivity index (χ1) is 5.83. The van der Waals surface area contributed by atoms with Crippen molar-refractivity contribution in [2.45, 2.75) is 6.42 Å². The summed E-state index contributed by atoms with van der Waals surface area (Å²) in [6.45, 7) is 0.899. The molecule has 1 aromatic rings. The van der Waals surface area contributed by atoms with Gasteiger partial charge in [0, 0.05) is 6.54 Å². The van der Waals surface area contributed by atoms with E-state index < -0.39 is 0 Å². The Morgan fingerprint density at radius 1 is 1.50 bits per heavy atom. The smallest absolute Gasteiger partial charge is 0.181 e. The molecular weight excluding hydrogens is 154 g/mol. The molecule has 0 amide bonds. The van der Waals surface area contributed by atoms with E-state index in [1.165, 1.54) is 0 Å². The average molecular weight is 165 g/mol. The normalized spacial score (nSPS) is 13.8. The van der Waals surface area contributed by atoms with Crippen molar-refractivity contribution in [1.82, 2.24) is 0 Å². The van der Waals surface area contributed by atoms with Gasteiger partial charge in [-0.15, -0.1) is 0 Å². The van der Waals surface area contributed by atoms with Gasteiger partial charge in [0.1, 0.15) is 0 Å². The number of nitrogens with one attached hydrogen (secondary N) is 1. The highest BCUT2D eigenvalue weighted by molar-refractivity contribution is 5.69. The Morgan fingerprint density at radius 3 is 3.08 bits per heavy atom. The van der Waals surface area contributed by atoms with Gasteiger partial charge in [-0.3, -0.25) is 0 Å². The van der Waals surface area contributed by atoms with Crippen molar-refractivity contribution < 1.29 is 9.84 Å². The highest BCUT2D eigenvalue weighted by atomic mass is 16.5. The molecule has 1 aromatic carbocycles. The third kappa shape index (κ3) is 0.897. The van der Waals surface area contributed by atoms with Crippen molar-refractivity contribution in [3.63, 3.8) is 0 Å². The number of ether oxygens (including phenoxy) is 1. The second-order valence-electron chi connectivity index (χ2n) is 2.83. The minimum atomic E-state index is 0.229. The lowest BCUT2D eigenvalue weighted by Crippen LogP contribution is -1.92. The van der Waals surface area contributed by atoms with Crippen LogP contribution in [0.25, 0.3) is 0 Å². The van der Waals surface area contributed by atoms with Gasteiger partial charge in [0.25, 0.3) is 0 Å². The van der Waals surface area contributed by atoms with Gasteiger partial charge in [0.15, 0.2) is 11.5 Å². The number of methoxy groups -OCH3 is 1. The van der Waals surface area contributed by atoms with E-state index in [-0.39, 0.29) is 5.75 Å². The number of hydrogen-bond acceptors (Lipinski definition) is 3. The molecule has 0 unspecified atom stereocenters. The molecule has 0 saturated heterocycles. The number of phenols is 1. The van der Waals surface area contributed by atoms with E-state index >= 15 is 0 Å². The number of hydrogen-bond donors (Lipinski definition) is 2. The summed E-state index contributed by atoms with van der Waals surface area (Å²) in [5.41, 5.74) is 1.99. The Bertz CT molecular complexity index is 310. The molecule has 0 spiro atoms. The molecule has 0 radical (unpaired) electrons. The van der Waals surface area contributed by atoms with Crippen molar-refractivity contribution in [2.24, 2.45) is 0 Å². The first-order valence-electron chi connectivity index (χ1n) is 3.95. The first kappa shape index (κ1) is 7.28. The van der Waals surface area contributed by atoms with Crippen molar-refractivity contribution in [2.75, 3.05) is 19.0 Å². The number of phenolic OH excluding ortho intramolecular Hbond substituents is 1. The van der Waals surface area contributed by atoms with Crippen LogP contribution in [0.4, 0.5) is 5.69 Å². The van der Waals surface area contributed by atoms with Gasteiger partial charge in [-0.05, 0) is 18.1 Å². The Labute approximate surface area is 71.0 Å². The maximum absolute atomic E-state index is 9.62. The van der Waals surface area contributed by atoms with E-state index in [1.54, 1.807) is 13.2 Å². The first-order valence-corrected chi connectivity index (χ1v) is 3.95. The Balaban J connectivity index is 2.54. The van der Waals surface area contributed by atoms with Crippen LogP contribution in [0.3, 0.4) is 0 Å². The summed E-state index contributed by atoms with van der Waals surface area (Å²) >= 11 is 0. The highest BCUT2D eigenvalue weighted by Gasteiger charge is 2.16. The highest BCUT2D eigenvalue weighted by Crippen LogP contribution is 2.39. The van der Waals surface area contributed by atoms with Crippen LogP contribution in [0.1, 0.15) is 5.56 Å². The van der Waals surface area contributed by atoms with E-state index in [4.69, 9.17) is 4.74 Å². The summed E-state index contributed by atoms with van der Waals surface area (Å²) in [5, 5.41) is 12.7. The molecule has 64 valence electrons. The van der Waals surface area contributed by atoms with Gasteiger partial charge in [0.2, 0.25) is 0 Å². The van der Waals surface area contributed by atoms with E-state index in [2.05, 4.69) is 5.32 Å². The van der Waals surface area contributed by atoms with Crippen LogP contribution < -0.4 is 10.1 Å². The number of aromatic hydroxyl groups is 1. The van der Waals surface area contributed by atoms with Gasteiger partial charge in [0.05, 0.1) is 12.8 Å². The van der Waals surface area contributed by atoms with Crippen molar-refractivity contribution in [3.05, 3.63) is 17.7 Å². The van der Waals surface area contributed by atoms with E-state index in [0.717, 1.165) is 24.2 Å². The van der Waals surface area contributed by atoms with Gasteiger partial charge in [-0.1, -0.05) is 6.07 Å². The van der Waals surface area contributed by atoms with Crippen molar-refractivity contribution >= 4 is 5.69 Å². The summed E-state index contributed by atoms with van der Waals surface area (Å²) < 4.78 is 4.98. The summed E-state index contributed by atoms with van der Waals surface area (Å²) in [5.74, 6) is 0.760. The van der Waals surface area contributed by atoms with Crippen LogP contribution in [0.2, 0.25) is 0 Å². The number of rotatable bonds is 1. The molecule has 3 heteroatoms. The minimum absolute atomic E-state index is 0.229. The second-order valence-corrected chi connectivity index (χ2v) is 2.83. The Hall–Kier alpha value is -1.38. The minimum Gasteiger partial charge on any atom is -0.503 e. The second kappa shape index (κ2) is 2.59. The largest absolute Gasteiger partial charge is 0.503 e. The fourth-order valence-corrected chi connectivity index (χ4v) is 1.51. The van der Waals surface area contributed by atoms with Crippen LogP contribution in [0.15, 0.2) is 12.1 Å². The van der Waals surface area contributed by atoms with Gasteiger partial charge in [-0.25, -0.2) is 0 Å². The van der Waals surface area contributed by atoms with Gasteiger partial charge >= 0.3 is 0 Å². The molecule has 2 rings (SSSR count). The van der Waals surface area contributed by atoms with E-state index in [9.17, 15) is 5.11 Å². The topological polar surface area (TPSA) is 41.5 Å². The van der Waals surface area contributed by atoms with Crippen molar-refractivity contribution in [3.8, 4) is 11.5 Å². The average Bonchev–Trinajstić information content (AvgIpc) is 2.53. The number of anilines is 1. The molecule has 1 heterocycles. The molecule has 0 fully saturated rings. The molecule has 0 atom stereocenters. The zero-order valence-electron chi connectivity index (χ0n) is 6.92. The van der Waals surface area contributed by atoms with E-state index in [0.29, 0.717) is 5.75 Å². The monoisotopic (exact) mass is 165 g/mol. The maximum Gasteiger partial charge on any atom is 0.181 e. The summed E-state index contributed by atoms with van der Waals surface area (Å²) in [7, 11) is 1.55. The fraction of sp³-hybridized carbons (Fsp3) is 0.333. The lowest BCUT2D eigenvalue weighted by molar-refractivity contribution is 0.374. The third-order valence-corrected chi connectivity index (χ3v) is 2.14. The molecule has 0 aliphatic carbocycles. The molecule has 0 saturated carbocycles. The van der Waals surface area contributed by atoms with Crippen LogP contribution in [-0.2, 0) is 6.42 Å². The zero-order chi connectivity index (χ0) is 8.55. The lowest BCUT2D eigenvalue weighted by atomic mass is 10.1. The molecule has 3 nitrogen and oxygen atoms in total. The summed E-state index contributed by atoms with van der Waals surface area (Å²) in [6.07, 6.45) is 0.979. The predicted octanol–water partition coefficient (Wildman–Crippen LogP) is 1.37. The van der Waals surface area contributed by atoms with Crippen LogP contribution in [-0.4, -0.2) is 18.8 Å². The Morgan fingerprint density at radius 2 is 2.33 bits per heavy atom. The van der Waals surface area contributed by atoms with Gasteiger partial charge in [-0.2, -0.15) is 0 Å². The number of benzene rings is 1. The Kier molecular flexibility index (Phi) is 1.57. The van der Waals surface area contributed by atoms with Crippen LogP contribution in [0, 0.1) is 0 Å². The van der Waals surface area contributed by atoms with E-state index in [1.807, 2.05) is 6.07 Å². The SMILES string of the molecule is COc1ccc2c(c1O)NCC2. The fourth-order valence-electron chi connectivity index (χ4n) is 1.51. The van der Waals surface area contributed by atoms with Crippen molar-refractivity contribution in [1.29, 1.82) is 0 Å². The third-order valence-electron chi connectivity index (χ3n) is 2.14. The maximum atomic E-state index is 9.62. The molecule has 0 aromatic heterocycles. The van der Waals surface area contributed by atoms with Crippen LogP contribution >= 0.6 is 0 Å². The molecule has 12 heavy (non-hydrogen) atoms.